The van der Waals surface area contributed by atoms with Gasteiger partial charge in [-0.2, -0.15) is 0 Å². The number of nitrogens with zero attached hydrogens (tertiary/aromatic N) is 1. The van der Waals surface area contributed by atoms with Crippen LogP contribution >= 0.6 is 0 Å². The molecule has 2 amide bonds. The number of ether oxygens (including phenoxy) is 3. The van der Waals surface area contributed by atoms with Crippen molar-refractivity contribution in [1.82, 2.24) is 4.90 Å². The van der Waals surface area contributed by atoms with Crippen molar-refractivity contribution >= 4 is 18.2 Å². The zero-order valence-electron chi connectivity index (χ0n) is 16.3. The van der Waals surface area contributed by atoms with Gasteiger partial charge in [0, 0.05) is 5.56 Å². The van der Waals surface area contributed by atoms with Gasteiger partial charge in [0.1, 0.15) is 13.2 Å². The minimum Gasteiger partial charge on any atom is -0.447 e. The summed E-state index contributed by atoms with van der Waals surface area (Å²) in [4.78, 5) is 38.7. The second-order valence-electron chi connectivity index (χ2n) is 7.03. The van der Waals surface area contributed by atoms with E-state index in [0.717, 1.165) is 10.5 Å². The summed E-state index contributed by atoms with van der Waals surface area (Å²) in [6, 6.07) is 17.2. The van der Waals surface area contributed by atoms with Crippen molar-refractivity contribution in [3.8, 4) is 0 Å². The number of hydrogen-bond donors (Lipinski definition) is 0. The van der Waals surface area contributed by atoms with Crippen molar-refractivity contribution in [3.05, 3.63) is 71.8 Å². The van der Waals surface area contributed by atoms with Gasteiger partial charge in [0.2, 0.25) is 6.10 Å². The van der Waals surface area contributed by atoms with Gasteiger partial charge in [-0.05, 0) is 11.5 Å². The Morgan fingerprint density at radius 3 is 2.31 bits per heavy atom. The molecule has 1 aliphatic rings. The molecule has 29 heavy (non-hydrogen) atoms. The highest BCUT2D eigenvalue weighted by Crippen LogP contribution is 2.27. The van der Waals surface area contributed by atoms with Crippen LogP contribution < -0.4 is 0 Å². The Bertz CT molecular complexity index is 852. The summed E-state index contributed by atoms with van der Waals surface area (Å²) in [5, 5.41) is 0. The van der Waals surface area contributed by atoms with Crippen molar-refractivity contribution < 1.29 is 28.6 Å². The maximum absolute atomic E-state index is 13.2. The second kappa shape index (κ2) is 9.23. The van der Waals surface area contributed by atoms with Crippen LogP contribution in [0.3, 0.4) is 0 Å². The van der Waals surface area contributed by atoms with E-state index < -0.39 is 30.3 Å². The number of benzene rings is 2. The van der Waals surface area contributed by atoms with Gasteiger partial charge >= 0.3 is 12.2 Å². The molecule has 7 heteroatoms. The lowest BCUT2D eigenvalue weighted by Gasteiger charge is -2.26. The molecule has 0 bridgehead atoms. The minimum atomic E-state index is -1.31. The molecule has 2 aromatic rings. The van der Waals surface area contributed by atoms with E-state index in [2.05, 4.69) is 0 Å². The minimum absolute atomic E-state index is 0.00754. The number of hydrogen-bond acceptors (Lipinski definition) is 6. The normalized spacial score (nSPS) is 17.0. The number of imide groups is 1. The van der Waals surface area contributed by atoms with E-state index >= 15 is 0 Å². The molecule has 2 atom stereocenters. The quantitative estimate of drug-likeness (QED) is 0.683. The molecule has 1 aliphatic heterocycles. The molecule has 0 N–H and O–H groups in total. The van der Waals surface area contributed by atoms with Crippen LogP contribution in [0.25, 0.3) is 0 Å². The van der Waals surface area contributed by atoms with Crippen LogP contribution in [0.2, 0.25) is 0 Å². The molecule has 1 fully saturated rings. The standard InChI is InChI=1S/C22H23NO6/c1-15(2)18-14-27-21(25)23(18)20(24)19(17-11-7-4-8-12-17)29-22(26)28-13-16-9-5-3-6-10-16/h3-12,15,18-19H,13-14H2,1-2H3/t18-,19+/m0/s1. The Morgan fingerprint density at radius 2 is 1.69 bits per heavy atom. The van der Waals surface area contributed by atoms with Crippen molar-refractivity contribution in [3.63, 3.8) is 0 Å². The Labute approximate surface area is 169 Å². The summed E-state index contributed by atoms with van der Waals surface area (Å²) in [6.07, 6.45) is -3.05. The fourth-order valence-corrected chi connectivity index (χ4v) is 3.04. The van der Waals surface area contributed by atoms with Gasteiger partial charge in [-0.1, -0.05) is 74.5 Å². The molecule has 0 aliphatic carbocycles. The fraction of sp³-hybridized carbons (Fsp3) is 0.318. The summed E-state index contributed by atoms with van der Waals surface area (Å²) < 4.78 is 15.5. The molecule has 0 unspecified atom stereocenters. The predicted molar refractivity (Wildman–Crippen MR) is 104 cm³/mol. The molecule has 1 heterocycles. The van der Waals surface area contributed by atoms with Crippen LogP contribution in [0.15, 0.2) is 60.7 Å². The molecule has 0 spiro atoms. The smallest absolute Gasteiger partial charge is 0.447 e. The summed E-state index contributed by atoms with van der Waals surface area (Å²) in [7, 11) is 0. The van der Waals surface area contributed by atoms with Gasteiger partial charge < -0.3 is 14.2 Å². The number of carbonyl (C=O) groups is 3. The van der Waals surface area contributed by atoms with Crippen molar-refractivity contribution in [2.45, 2.75) is 32.6 Å². The first-order valence-electron chi connectivity index (χ1n) is 9.39. The van der Waals surface area contributed by atoms with E-state index in [1.807, 2.05) is 32.0 Å². The van der Waals surface area contributed by atoms with Gasteiger partial charge in [0.05, 0.1) is 6.04 Å². The van der Waals surface area contributed by atoms with Gasteiger partial charge in [-0.3, -0.25) is 4.79 Å². The number of carbonyl (C=O) groups excluding carboxylic acids is 3. The molecule has 2 aromatic carbocycles. The predicted octanol–water partition coefficient (Wildman–Crippen LogP) is 4.08. The van der Waals surface area contributed by atoms with Crippen LogP contribution in [0.1, 0.15) is 31.1 Å². The Morgan fingerprint density at radius 1 is 1.07 bits per heavy atom. The molecule has 0 radical (unpaired) electrons. The monoisotopic (exact) mass is 397 g/mol. The molecule has 152 valence electrons. The SMILES string of the molecule is CC(C)[C@@H]1COC(=O)N1C(=O)[C@H](OC(=O)OCc1ccccc1)c1ccccc1. The molecule has 0 aromatic heterocycles. The third-order valence-electron chi connectivity index (χ3n) is 4.65. The number of cyclic esters (lactones) is 1. The number of rotatable bonds is 6. The summed E-state index contributed by atoms with van der Waals surface area (Å²) >= 11 is 0. The summed E-state index contributed by atoms with van der Waals surface area (Å²) in [6.45, 7) is 3.90. The highest BCUT2D eigenvalue weighted by Gasteiger charge is 2.44. The zero-order chi connectivity index (χ0) is 20.8. The maximum Gasteiger partial charge on any atom is 0.509 e. The Hall–Kier alpha value is -3.35. The summed E-state index contributed by atoms with van der Waals surface area (Å²) in [5.74, 6) is -0.666. The average Bonchev–Trinajstić information content (AvgIpc) is 3.13. The lowest BCUT2D eigenvalue weighted by atomic mass is 10.0. The fourth-order valence-electron chi connectivity index (χ4n) is 3.04. The van der Waals surface area contributed by atoms with Crippen LogP contribution in [-0.4, -0.2) is 35.7 Å². The zero-order valence-corrected chi connectivity index (χ0v) is 16.3. The van der Waals surface area contributed by atoms with E-state index in [0.29, 0.717) is 5.56 Å². The first-order chi connectivity index (χ1) is 14.0. The molecular weight excluding hydrogens is 374 g/mol. The van der Waals surface area contributed by atoms with E-state index in [1.54, 1.807) is 42.5 Å². The molecule has 7 nitrogen and oxygen atoms in total. The maximum atomic E-state index is 13.2. The summed E-state index contributed by atoms with van der Waals surface area (Å²) in [5.41, 5.74) is 1.23. The third-order valence-corrected chi connectivity index (χ3v) is 4.65. The van der Waals surface area contributed by atoms with E-state index in [9.17, 15) is 14.4 Å². The van der Waals surface area contributed by atoms with Gasteiger partial charge in [-0.15, -0.1) is 0 Å². The van der Waals surface area contributed by atoms with Crippen LogP contribution in [0.5, 0.6) is 0 Å². The average molecular weight is 397 g/mol. The van der Waals surface area contributed by atoms with Crippen molar-refractivity contribution in [2.75, 3.05) is 6.61 Å². The van der Waals surface area contributed by atoms with Crippen molar-refractivity contribution in [1.29, 1.82) is 0 Å². The lowest BCUT2D eigenvalue weighted by molar-refractivity contribution is -0.140. The number of amides is 2. The van der Waals surface area contributed by atoms with Gasteiger partial charge in [-0.25, -0.2) is 14.5 Å². The van der Waals surface area contributed by atoms with Gasteiger partial charge in [0.15, 0.2) is 0 Å². The van der Waals surface area contributed by atoms with Crippen LogP contribution in [0.4, 0.5) is 9.59 Å². The molecule has 3 rings (SSSR count). The molecule has 0 saturated carbocycles. The Balaban J connectivity index is 1.77. The highest BCUT2D eigenvalue weighted by molar-refractivity contribution is 5.97. The third kappa shape index (κ3) is 4.93. The van der Waals surface area contributed by atoms with Crippen molar-refractivity contribution in [2.24, 2.45) is 5.92 Å². The topological polar surface area (TPSA) is 82.1 Å². The molecular formula is C22H23NO6. The van der Waals surface area contributed by atoms with E-state index in [1.165, 1.54) is 0 Å². The van der Waals surface area contributed by atoms with Crippen LogP contribution in [0, 0.1) is 5.92 Å². The highest BCUT2D eigenvalue weighted by atomic mass is 16.7. The molecule has 1 saturated heterocycles. The lowest BCUT2D eigenvalue weighted by Crippen LogP contribution is -2.45. The Kier molecular flexibility index (Phi) is 6.49. The van der Waals surface area contributed by atoms with Crippen LogP contribution in [-0.2, 0) is 25.6 Å². The largest absolute Gasteiger partial charge is 0.509 e. The van der Waals surface area contributed by atoms with Gasteiger partial charge in [0.25, 0.3) is 5.91 Å². The van der Waals surface area contributed by atoms with E-state index in [-0.39, 0.29) is 19.1 Å². The first-order valence-corrected chi connectivity index (χ1v) is 9.39. The first kappa shape index (κ1) is 20.4. The van der Waals surface area contributed by atoms with E-state index in [4.69, 9.17) is 14.2 Å². The second-order valence-corrected chi connectivity index (χ2v) is 7.03.